The summed E-state index contributed by atoms with van der Waals surface area (Å²) in [6.45, 7) is 0. The minimum atomic E-state index is -0.962. The van der Waals surface area contributed by atoms with E-state index in [1.54, 1.807) is 17.5 Å². The van der Waals surface area contributed by atoms with Gasteiger partial charge in [0.15, 0.2) is 0 Å². The second-order valence-corrected chi connectivity index (χ2v) is 5.67. The highest BCUT2D eigenvalue weighted by molar-refractivity contribution is 9.10. The van der Waals surface area contributed by atoms with Crippen molar-refractivity contribution in [1.29, 1.82) is 0 Å². The lowest BCUT2D eigenvalue weighted by Crippen LogP contribution is -2.03. The summed E-state index contributed by atoms with van der Waals surface area (Å²) in [5, 5.41) is 13.8. The fourth-order valence-electron chi connectivity index (χ4n) is 1.41. The molecule has 0 bridgehead atoms. The van der Waals surface area contributed by atoms with E-state index in [0.29, 0.717) is 10.0 Å². The molecule has 2 rings (SSSR count). The van der Waals surface area contributed by atoms with Gasteiger partial charge in [0, 0.05) is 25.5 Å². The third kappa shape index (κ3) is 2.22. The van der Waals surface area contributed by atoms with Gasteiger partial charge in [-0.05, 0) is 33.4 Å². The fraction of sp³-hybridized carbons (Fsp3) is 0.0909. The standard InChI is InChI=1S/C11H7Br2FOS/c12-7-2-1-3-9(14)10(7)11(15)6-4-16-5-8(6)13/h1-5,11,15H. The molecule has 0 aliphatic heterocycles. The van der Waals surface area contributed by atoms with Gasteiger partial charge in [-0.15, -0.1) is 0 Å². The molecule has 0 saturated heterocycles. The van der Waals surface area contributed by atoms with E-state index in [-0.39, 0.29) is 5.56 Å². The Morgan fingerprint density at radius 1 is 1.19 bits per heavy atom. The van der Waals surface area contributed by atoms with Crippen molar-refractivity contribution in [3.05, 3.63) is 54.8 Å². The second kappa shape index (κ2) is 4.96. The SMILES string of the molecule is OC(c1cscc1Br)c1c(F)cccc1Br. The first kappa shape index (κ1) is 12.2. The average Bonchev–Trinajstić information content (AvgIpc) is 2.64. The quantitative estimate of drug-likeness (QED) is 0.831. The number of aliphatic hydroxyl groups excluding tert-OH is 1. The van der Waals surface area contributed by atoms with Crippen molar-refractivity contribution in [3.8, 4) is 0 Å². The molecule has 0 radical (unpaired) electrons. The van der Waals surface area contributed by atoms with Gasteiger partial charge in [-0.2, -0.15) is 11.3 Å². The van der Waals surface area contributed by atoms with Crippen molar-refractivity contribution in [2.45, 2.75) is 6.10 Å². The summed E-state index contributed by atoms with van der Waals surface area (Å²) < 4.78 is 15.0. The summed E-state index contributed by atoms with van der Waals surface area (Å²) in [6, 6.07) is 4.64. The number of rotatable bonds is 2. The Morgan fingerprint density at radius 3 is 2.50 bits per heavy atom. The Bertz CT molecular complexity index is 492. The molecule has 0 amide bonds. The minimum absolute atomic E-state index is 0.265. The Hall–Kier alpha value is -0.230. The fourth-order valence-corrected chi connectivity index (χ4v) is 3.51. The Balaban J connectivity index is 2.49. The molecule has 84 valence electrons. The summed E-state index contributed by atoms with van der Waals surface area (Å²) in [4.78, 5) is 0. The van der Waals surface area contributed by atoms with E-state index < -0.39 is 11.9 Å². The van der Waals surface area contributed by atoms with Crippen LogP contribution in [0.25, 0.3) is 0 Å². The molecule has 0 aliphatic rings. The third-order valence-corrected chi connectivity index (χ3v) is 4.65. The van der Waals surface area contributed by atoms with Gasteiger partial charge in [0.2, 0.25) is 0 Å². The van der Waals surface area contributed by atoms with E-state index >= 15 is 0 Å². The first-order valence-electron chi connectivity index (χ1n) is 4.45. The molecular weight excluding hydrogens is 359 g/mol. The van der Waals surface area contributed by atoms with E-state index in [2.05, 4.69) is 31.9 Å². The smallest absolute Gasteiger partial charge is 0.130 e. The molecule has 0 aliphatic carbocycles. The van der Waals surface area contributed by atoms with Crippen molar-refractivity contribution >= 4 is 43.2 Å². The number of benzene rings is 1. The van der Waals surface area contributed by atoms with Crippen molar-refractivity contribution in [2.24, 2.45) is 0 Å². The number of hydrogen-bond acceptors (Lipinski definition) is 2. The van der Waals surface area contributed by atoms with Crippen LogP contribution in [0.3, 0.4) is 0 Å². The first-order chi connectivity index (χ1) is 7.61. The molecule has 0 spiro atoms. The highest BCUT2D eigenvalue weighted by Crippen LogP contribution is 2.35. The van der Waals surface area contributed by atoms with Crippen molar-refractivity contribution < 1.29 is 9.50 Å². The molecule has 1 unspecified atom stereocenters. The molecule has 1 aromatic heterocycles. The number of hydrogen-bond donors (Lipinski definition) is 1. The van der Waals surface area contributed by atoms with Gasteiger partial charge in [0.25, 0.3) is 0 Å². The van der Waals surface area contributed by atoms with Crippen LogP contribution in [0.15, 0.2) is 37.9 Å². The lowest BCUT2D eigenvalue weighted by atomic mass is 10.0. The van der Waals surface area contributed by atoms with Gasteiger partial charge in [0.1, 0.15) is 11.9 Å². The zero-order valence-electron chi connectivity index (χ0n) is 7.95. The third-order valence-electron chi connectivity index (χ3n) is 2.21. The van der Waals surface area contributed by atoms with Gasteiger partial charge in [-0.1, -0.05) is 22.0 Å². The maximum absolute atomic E-state index is 13.6. The van der Waals surface area contributed by atoms with Crippen LogP contribution in [0.4, 0.5) is 4.39 Å². The predicted octanol–water partition coefficient (Wildman–Crippen LogP) is 4.49. The summed E-state index contributed by atoms with van der Waals surface area (Å²) >= 11 is 8.03. The van der Waals surface area contributed by atoms with Crippen LogP contribution in [-0.4, -0.2) is 5.11 Å². The Morgan fingerprint density at radius 2 is 1.94 bits per heavy atom. The molecule has 5 heteroatoms. The Labute approximate surface area is 113 Å². The zero-order chi connectivity index (χ0) is 11.7. The van der Waals surface area contributed by atoms with Crippen molar-refractivity contribution in [3.63, 3.8) is 0 Å². The monoisotopic (exact) mass is 364 g/mol. The van der Waals surface area contributed by atoms with Crippen molar-refractivity contribution in [1.82, 2.24) is 0 Å². The van der Waals surface area contributed by atoms with Crippen LogP contribution < -0.4 is 0 Å². The van der Waals surface area contributed by atoms with Gasteiger partial charge in [-0.25, -0.2) is 4.39 Å². The van der Waals surface area contributed by atoms with Crippen LogP contribution in [0.5, 0.6) is 0 Å². The van der Waals surface area contributed by atoms with Gasteiger partial charge >= 0.3 is 0 Å². The van der Waals surface area contributed by atoms with E-state index in [9.17, 15) is 9.50 Å². The average molecular weight is 366 g/mol. The van der Waals surface area contributed by atoms with Crippen LogP contribution in [0.2, 0.25) is 0 Å². The van der Waals surface area contributed by atoms with Crippen LogP contribution in [-0.2, 0) is 0 Å². The summed E-state index contributed by atoms with van der Waals surface area (Å²) in [7, 11) is 0. The zero-order valence-corrected chi connectivity index (χ0v) is 11.9. The predicted molar refractivity (Wildman–Crippen MR) is 70.2 cm³/mol. The van der Waals surface area contributed by atoms with E-state index in [4.69, 9.17) is 0 Å². The van der Waals surface area contributed by atoms with Gasteiger partial charge in [0.05, 0.1) is 0 Å². The highest BCUT2D eigenvalue weighted by atomic mass is 79.9. The number of thiophene rings is 1. The molecule has 1 nitrogen and oxygen atoms in total. The normalized spacial score (nSPS) is 12.8. The molecule has 1 atom stereocenters. The maximum atomic E-state index is 13.6. The Kier molecular flexibility index (Phi) is 3.79. The highest BCUT2D eigenvalue weighted by Gasteiger charge is 2.20. The molecule has 0 fully saturated rings. The molecule has 1 aromatic carbocycles. The lowest BCUT2D eigenvalue weighted by Gasteiger charge is -2.13. The second-order valence-electron chi connectivity index (χ2n) is 3.21. The molecule has 16 heavy (non-hydrogen) atoms. The minimum Gasteiger partial charge on any atom is -0.383 e. The largest absolute Gasteiger partial charge is 0.383 e. The van der Waals surface area contributed by atoms with Crippen molar-refractivity contribution in [2.75, 3.05) is 0 Å². The molecule has 0 saturated carbocycles. The first-order valence-corrected chi connectivity index (χ1v) is 6.97. The molecule has 1 heterocycles. The van der Waals surface area contributed by atoms with Crippen LogP contribution in [0, 0.1) is 5.82 Å². The van der Waals surface area contributed by atoms with E-state index in [0.717, 1.165) is 4.47 Å². The van der Waals surface area contributed by atoms with E-state index in [1.165, 1.54) is 17.4 Å². The topological polar surface area (TPSA) is 20.2 Å². The molecular formula is C11H7Br2FOS. The number of halogens is 3. The maximum Gasteiger partial charge on any atom is 0.130 e. The van der Waals surface area contributed by atoms with E-state index in [1.807, 2.05) is 5.38 Å². The van der Waals surface area contributed by atoms with Crippen LogP contribution in [0.1, 0.15) is 17.2 Å². The summed E-state index contributed by atoms with van der Waals surface area (Å²) in [5.41, 5.74) is 0.942. The molecule has 1 N–H and O–H groups in total. The van der Waals surface area contributed by atoms with Gasteiger partial charge < -0.3 is 5.11 Å². The summed E-state index contributed by atoms with van der Waals surface area (Å²) in [5.74, 6) is -0.417. The van der Waals surface area contributed by atoms with Crippen LogP contribution >= 0.6 is 43.2 Å². The van der Waals surface area contributed by atoms with Gasteiger partial charge in [-0.3, -0.25) is 0 Å². The molecule has 2 aromatic rings. The summed E-state index contributed by atoms with van der Waals surface area (Å²) in [6.07, 6.45) is -0.962. The lowest BCUT2D eigenvalue weighted by molar-refractivity contribution is 0.214. The number of aliphatic hydroxyl groups is 1.